The average molecular weight is 317 g/mol. The molecule has 1 aromatic carbocycles. The lowest BCUT2D eigenvalue weighted by atomic mass is 10.1. The van der Waals surface area contributed by atoms with E-state index in [9.17, 15) is 9.18 Å². The monoisotopic (exact) mass is 317 g/mol. The first-order valence-electron chi connectivity index (χ1n) is 6.56. The van der Waals surface area contributed by atoms with Gasteiger partial charge in [-0.05, 0) is 26.0 Å². The topological polar surface area (TPSA) is 66.2 Å². The van der Waals surface area contributed by atoms with Gasteiger partial charge in [-0.25, -0.2) is 14.7 Å². The zero-order valence-electron chi connectivity index (χ0n) is 12.0. The molecule has 1 aliphatic heterocycles. The molecule has 1 fully saturated rings. The molecule has 0 radical (unpaired) electrons. The summed E-state index contributed by atoms with van der Waals surface area (Å²) in [4.78, 5) is 17.5. The largest absolute Gasteiger partial charge is 0.447 e. The Morgan fingerprint density at radius 2 is 2.09 bits per heavy atom. The number of carbonyl (C=O) groups excluding carboxylic acids is 1. The van der Waals surface area contributed by atoms with Gasteiger partial charge in [0.2, 0.25) is 5.13 Å². The number of cyclic esters (lactones) is 1. The fraction of sp³-hybridized carbons (Fsp3) is 0.267. The summed E-state index contributed by atoms with van der Waals surface area (Å²) in [5.74, 6) is 0. The highest BCUT2D eigenvalue weighted by atomic mass is 32.1. The van der Waals surface area contributed by atoms with Gasteiger partial charge in [-0.1, -0.05) is 23.5 Å². The second-order valence-electron chi connectivity index (χ2n) is 5.51. The highest BCUT2D eigenvalue weighted by molar-refractivity contribution is 7.14. The molecule has 0 bridgehead atoms. The van der Waals surface area contributed by atoms with Crippen LogP contribution in [0.25, 0.3) is 11.3 Å². The van der Waals surface area contributed by atoms with Crippen molar-refractivity contribution in [2.45, 2.75) is 19.4 Å². The highest BCUT2D eigenvalue weighted by Gasteiger charge is 2.43. The van der Waals surface area contributed by atoms with Gasteiger partial charge >= 0.3 is 6.09 Å². The number of anilines is 1. The van der Waals surface area contributed by atoms with Gasteiger partial charge in [0.15, 0.2) is 5.13 Å². The van der Waals surface area contributed by atoms with Gasteiger partial charge in [0, 0.05) is 5.56 Å². The molecule has 112 valence electrons. The van der Waals surface area contributed by atoms with Crippen molar-refractivity contribution < 1.29 is 13.9 Å². The number of hydrogen-bond acceptors (Lipinski definition) is 5. The number of nitrogens with zero attached hydrogens (tertiary/aromatic N) is 3. The summed E-state index contributed by atoms with van der Waals surface area (Å²) in [7, 11) is 0. The molecular formula is C15H12FN3O2S. The first-order valence-corrected chi connectivity index (χ1v) is 7.38. The van der Waals surface area contributed by atoms with E-state index < -0.39 is 16.8 Å². The molecular weight excluding hydrogens is 305 g/mol. The quantitative estimate of drug-likeness (QED) is 0.849. The van der Waals surface area contributed by atoms with E-state index in [0.717, 1.165) is 11.3 Å². The Labute approximate surface area is 130 Å². The lowest BCUT2D eigenvalue weighted by Crippen LogP contribution is -2.42. The second kappa shape index (κ2) is 5.07. The highest BCUT2D eigenvalue weighted by Crippen LogP contribution is 2.37. The third-order valence-electron chi connectivity index (χ3n) is 3.39. The number of thiazole rings is 1. The van der Waals surface area contributed by atoms with Gasteiger partial charge in [-0.2, -0.15) is 9.65 Å². The SMILES string of the molecule is CC1(C)COC(=O)N1c1nc(-c2ccc(C#N)cc2)c(F)s1. The first-order chi connectivity index (χ1) is 10.4. The Morgan fingerprint density at radius 1 is 1.41 bits per heavy atom. The summed E-state index contributed by atoms with van der Waals surface area (Å²) >= 11 is 0.805. The maximum atomic E-state index is 14.2. The van der Waals surface area contributed by atoms with Crippen LogP contribution in [0, 0.1) is 16.5 Å². The van der Waals surface area contributed by atoms with E-state index in [-0.39, 0.29) is 17.4 Å². The van der Waals surface area contributed by atoms with Crippen LogP contribution < -0.4 is 4.90 Å². The van der Waals surface area contributed by atoms with E-state index in [1.807, 2.05) is 19.9 Å². The lowest BCUT2D eigenvalue weighted by molar-refractivity contribution is 0.175. The van der Waals surface area contributed by atoms with Crippen LogP contribution in [0.4, 0.5) is 14.3 Å². The van der Waals surface area contributed by atoms with Gasteiger partial charge in [-0.3, -0.25) is 0 Å². The summed E-state index contributed by atoms with van der Waals surface area (Å²) in [5.41, 5.74) is 0.650. The summed E-state index contributed by atoms with van der Waals surface area (Å²) < 4.78 is 19.2. The zero-order valence-corrected chi connectivity index (χ0v) is 12.8. The Kier molecular flexibility index (Phi) is 3.34. The molecule has 1 aromatic heterocycles. The number of aromatic nitrogens is 1. The van der Waals surface area contributed by atoms with Gasteiger partial charge in [-0.15, -0.1) is 0 Å². The molecule has 3 rings (SSSR count). The summed E-state index contributed by atoms with van der Waals surface area (Å²) in [6.45, 7) is 3.90. The van der Waals surface area contributed by atoms with E-state index in [1.54, 1.807) is 24.3 Å². The van der Waals surface area contributed by atoms with E-state index in [0.29, 0.717) is 11.1 Å². The third-order valence-corrected chi connectivity index (χ3v) is 4.22. The molecule has 1 aliphatic rings. The normalized spacial score (nSPS) is 16.5. The number of hydrogen-bond donors (Lipinski definition) is 0. The van der Waals surface area contributed by atoms with Crippen molar-refractivity contribution in [1.82, 2.24) is 4.98 Å². The maximum Gasteiger partial charge on any atom is 0.416 e. The number of halogens is 1. The molecule has 0 N–H and O–H groups in total. The smallest absolute Gasteiger partial charge is 0.416 e. The van der Waals surface area contributed by atoms with Crippen LogP contribution in [0.5, 0.6) is 0 Å². The standard InChI is InChI=1S/C15H12FN3O2S/c1-15(2)8-21-14(20)19(15)13-18-11(12(16)22-13)10-5-3-9(7-17)4-6-10/h3-6H,8H2,1-2H3. The van der Waals surface area contributed by atoms with Gasteiger partial charge in [0.05, 0.1) is 17.2 Å². The molecule has 2 aromatic rings. The van der Waals surface area contributed by atoms with Crippen LogP contribution in [0.2, 0.25) is 0 Å². The molecule has 1 amide bonds. The van der Waals surface area contributed by atoms with Crippen LogP contribution in [-0.4, -0.2) is 23.2 Å². The minimum absolute atomic E-state index is 0.167. The molecule has 0 saturated carbocycles. The van der Waals surface area contributed by atoms with Crippen LogP contribution >= 0.6 is 11.3 Å². The van der Waals surface area contributed by atoms with Crippen LogP contribution in [0.3, 0.4) is 0 Å². The van der Waals surface area contributed by atoms with Crippen LogP contribution in [0.15, 0.2) is 24.3 Å². The first kappa shape index (κ1) is 14.5. The van der Waals surface area contributed by atoms with Gasteiger partial charge in [0.25, 0.3) is 0 Å². The molecule has 2 heterocycles. The Morgan fingerprint density at radius 3 is 2.64 bits per heavy atom. The number of rotatable bonds is 2. The van der Waals surface area contributed by atoms with Crippen molar-refractivity contribution >= 4 is 22.6 Å². The van der Waals surface area contributed by atoms with Gasteiger partial charge < -0.3 is 4.74 Å². The number of ether oxygens (including phenoxy) is 1. The Hall–Kier alpha value is -2.46. The third kappa shape index (κ3) is 2.31. The minimum atomic E-state index is -0.566. The molecule has 0 unspecified atom stereocenters. The zero-order chi connectivity index (χ0) is 15.9. The number of carbonyl (C=O) groups is 1. The van der Waals surface area contributed by atoms with Crippen molar-refractivity contribution in [1.29, 1.82) is 5.26 Å². The molecule has 5 nitrogen and oxygen atoms in total. The number of nitriles is 1. The molecule has 0 aliphatic carbocycles. The minimum Gasteiger partial charge on any atom is -0.447 e. The van der Waals surface area contributed by atoms with E-state index in [1.165, 1.54) is 4.90 Å². The second-order valence-corrected chi connectivity index (χ2v) is 6.44. The molecule has 22 heavy (non-hydrogen) atoms. The summed E-state index contributed by atoms with van der Waals surface area (Å²) in [6.07, 6.45) is -0.523. The van der Waals surface area contributed by atoms with Crippen molar-refractivity contribution in [2.24, 2.45) is 0 Å². The van der Waals surface area contributed by atoms with Crippen LogP contribution in [-0.2, 0) is 4.74 Å². The summed E-state index contributed by atoms with van der Waals surface area (Å²) in [5, 5.41) is 8.58. The van der Waals surface area contributed by atoms with Crippen molar-refractivity contribution in [3.8, 4) is 17.3 Å². The molecule has 1 saturated heterocycles. The predicted molar refractivity (Wildman–Crippen MR) is 80.1 cm³/mol. The van der Waals surface area contributed by atoms with Crippen molar-refractivity contribution in [3.63, 3.8) is 0 Å². The van der Waals surface area contributed by atoms with Gasteiger partial charge in [0.1, 0.15) is 12.3 Å². The maximum absolute atomic E-state index is 14.2. The van der Waals surface area contributed by atoms with E-state index >= 15 is 0 Å². The van der Waals surface area contributed by atoms with Crippen molar-refractivity contribution in [3.05, 3.63) is 35.0 Å². The van der Waals surface area contributed by atoms with Crippen molar-refractivity contribution in [2.75, 3.05) is 11.5 Å². The van der Waals surface area contributed by atoms with E-state index in [2.05, 4.69) is 4.98 Å². The van der Waals surface area contributed by atoms with Crippen LogP contribution in [0.1, 0.15) is 19.4 Å². The summed E-state index contributed by atoms with van der Waals surface area (Å²) in [6, 6.07) is 8.47. The number of amides is 1. The molecule has 0 atom stereocenters. The predicted octanol–water partition coefficient (Wildman–Crippen LogP) is 3.56. The lowest BCUT2D eigenvalue weighted by Gasteiger charge is -2.24. The van der Waals surface area contributed by atoms with E-state index in [4.69, 9.17) is 10.00 Å². The fourth-order valence-corrected chi connectivity index (χ4v) is 3.19. The molecule has 0 spiro atoms. The number of benzene rings is 1. The molecule has 7 heteroatoms. The Bertz CT molecular complexity index is 777. The fourth-order valence-electron chi connectivity index (χ4n) is 2.22. The average Bonchev–Trinajstić information content (AvgIpc) is 2.98. The Balaban J connectivity index is 2.00.